The van der Waals surface area contributed by atoms with Gasteiger partial charge in [0.15, 0.2) is 0 Å². The summed E-state index contributed by atoms with van der Waals surface area (Å²) in [4.78, 5) is 16.1. The summed E-state index contributed by atoms with van der Waals surface area (Å²) < 4.78 is 0. The molecule has 0 unspecified atom stereocenters. The van der Waals surface area contributed by atoms with Crippen LogP contribution in [0.5, 0.6) is 0 Å². The van der Waals surface area contributed by atoms with E-state index in [4.69, 9.17) is 17.4 Å². The molecular weight excluding hydrogens is 264 g/mol. The van der Waals surface area contributed by atoms with Gasteiger partial charge in [0.05, 0.1) is 22.0 Å². The molecule has 0 aliphatic rings. The Morgan fingerprint density at radius 2 is 2.11 bits per heavy atom. The molecule has 1 aromatic carbocycles. The first-order chi connectivity index (χ1) is 9.13. The van der Waals surface area contributed by atoms with E-state index in [2.05, 4.69) is 15.7 Å². The summed E-state index contributed by atoms with van der Waals surface area (Å²) in [5.41, 5.74) is 4.75. The Labute approximate surface area is 115 Å². The average Bonchev–Trinajstić information content (AvgIpc) is 2.43. The van der Waals surface area contributed by atoms with Crippen LogP contribution in [0.4, 0.5) is 11.4 Å². The molecule has 0 bridgehead atoms. The van der Waals surface area contributed by atoms with Crippen LogP contribution in [-0.2, 0) is 0 Å². The zero-order chi connectivity index (χ0) is 13.8. The van der Waals surface area contributed by atoms with Crippen LogP contribution in [0, 0.1) is 6.92 Å². The average molecular weight is 277 g/mol. The summed E-state index contributed by atoms with van der Waals surface area (Å²) in [5, 5.41) is 3.25. The number of halogens is 1. The van der Waals surface area contributed by atoms with Crippen molar-refractivity contribution in [3.63, 3.8) is 0 Å². The Bertz CT molecular complexity index is 615. The van der Waals surface area contributed by atoms with Crippen molar-refractivity contribution in [2.24, 2.45) is 5.84 Å². The van der Waals surface area contributed by atoms with Crippen LogP contribution >= 0.6 is 11.6 Å². The number of benzene rings is 1. The number of hydrogen-bond acceptors (Lipinski definition) is 4. The number of carbonyl (C=O) groups excluding carboxylic acids is 1. The normalized spacial score (nSPS) is 10.1. The molecule has 0 radical (unpaired) electrons. The zero-order valence-electron chi connectivity index (χ0n) is 10.3. The maximum Gasteiger partial charge on any atom is 0.259 e. The lowest BCUT2D eigenvalue weighted by molar-refractivity contribution is 0.102. The monoisotopic (exact) mass is 276 g/mol. The third-order valence-corrected chi connectivity index (χ3v) is 3.16. The van der Waals surface area contributed by atoms with E-state index in [0.29, 0.717) is 22.0 Å². The Balaban J connectivity index is 2.28. The molecule has 0 atom stereocenters. The highest BCUT2D eigenvalue weighted by Gasteiger charge is 2.13. The number of hydrogen-bond donors (Lipinski definition) is 3. The highest BCUT2D eigenvalue weighted by molar-refractivity contribution is 6.34. The van der Waals surface area contributed by atoms with Crippen molar-refractivity contribution in [1.82, 2.24) is 4.98 Å². The van der Waals surface area contributed by atoms with E-state index < -0.39 is 0 Å². The van der Waals surface area contributed by atoms with Gasteiger partial charge in [-0.3, -0.25) is 15.6 Å². The highest BCUT2D eigenvalue weighted by Crippen LogP contribution is 2.26. The van der Waals surface area contributed by atoms with Crippen LogP contribution in [0.15, 0.2) is 36.7 Å². The summed E-state index contributed by atoms with van der Waals surface area (Å²) >= 11 is 6.13. The zero-order valence-corrected chi connectivity index (χ0v) is 11.0. The number of nitrogen functional groups attached to an aromatic ring is 1. The molecule has 2 aromatic rings. The second-order valence-corrected chi connectivity index (χ2v) is 4.33. The predicted octanol–water partition coefficient (Wildman–Crippen LogP) is 2.58. The summed E-state index contributed by atoms with van der Waals surface area (Å²) in [6, 6.07) is 7.04. The SMILES string of the molecule is Cc1cccc(NC(=O)c2cnccc2NN)c1Cl. The topological polar surface area (TPSA) is 80.0 Å². The molecule has 0 saturated heterocycles. The second-order valence-electron chi connectivity index (χ2n) is 3.96. The Kier molecular flexibility index (Phi) is 3.99. The van der Waals surface area contributed by atoms with Crippen LogP contribution in [0.2, 0.25) is 5.02 Å². The summed E-state index contributed by atoms with van der Waals surface area (Å²) in [5.74, 6) is 5.03. The summed E-state index contributed by atoms with van der Waals surface area (Å²) in [6.45, 7) is 1.87. The van der Waals surface area contributed by atoms with Gasteiger partial charge in [-0.15, -0.1) is 0 Å². The van der Waals surface area contributed by atoms with Crippen molar-refractivity contribution < 1.29 is 4.79 Å². The van der Waals surface area contributed by atoms with E-state index in [1.807, 2.05) is 19.1 Å². The fourth-order valence-corrected chi connectivity index (χ4v) is 1.81. The molecule has 0 fully saturated rings. The van der Waals surface area contributed by atoms with Crippen LogP contribution in [0.1, 0.15) is 15.9 Å². The Hall–Kier alpha value is -2.11. The lowest BCUT2D eigenvalue weighted by Gasteiger charge is -2.11. The molecule has 0 spiro atoms. The number of hydrazine groups is 1. The standard InChI is InChI=1S/C13H13ClN4O/c1-8-3-2-4-11(12(8)14)17-13(19)9-7-16-6-5-10(9)18-15/h2-7H,15H2,1H3,(H,16,18)(H,17,19). The molecule has 19 heavy (non-hydrogen) atoms. The first-order valence-corrected chi connectivity index (χ1v) is 5.98. The van der Waals surface area contributed by atoms with E-state index in [-0.39, 0.29) is 5.91 Å². The molecule has 4 N–H and O–H groups in total. The largest absolute Gasteiger partial charge is 0.323 e. The number of nitrogens with two attached hydrogens (primary N) is 1. The van der Waals surface area contributed by atoms with Crippen LogP contribution in [-0.4, -0.2) is 10.9 Å². The maximum absolute atomic E-state index is 12.2. The quantitative estimate of drug-likeness (QED) is 0.595. The van der Waals surface area contributed by atoms with Crippen LogP contribution < -0.4 is 16.6 Å². The maximum atomic E-state index is 12.2. The molecule has 0 saturated carbocycles. The predicted molar refractivity (Wildman–Crippen MR) is 76.2 cm³/mol. The minimum atomic E-state index is -0.325. The lowest BCUT2D eigenvalue weighted by Crippen LogP contribution is -2.17. The van der Waals surface area contributed by atoms with Gasteiger partial charge in [-0.2, -0.15) is 0 Å². The molecule has 0 aliphatic carbocycles. The molecule has 1 aromatic heterocycles. The van der Waals surface area contributed by atoms with Crippen LogP contribution in [0.3, 0.4) is 0 Å². The molecule has 0 aliphatic heterocycles. The molecule has 2 rings (SSSR count). The van der Waals surface area contributed by atoms with Gasteiger partial charge in [-0.05, 0) is 24.6 Å². The van der Waals surface area contributed by atoms with Gasteiger partial charge >= 0.3 is 0 Å². The Morgan fingerprint density at radius 3 is 2.84 bits per heavy atom. The molecule has 98 valence electrons. The number of amides is 1. The number of aromatic nitrogens is 1. The lowest BCUT2D eigenvalue weighted by atomic mass is 10.2. The third kappa shape index (κ3) is 2.83. The van der Waals surface area contributed by atoms with Crippen molar-refractivity contribution in [2.45, 2.75) is 6.92 Å². The van der Waals surface area contributed by atoms with Gasteiger partial charge in [-0.1, -0.05) is 23.7 Å². The van der Waals surface area contributed by atoms with E-state index >= 15 is 0 Å². The molecule has 1 amide bonds. The van der Waals surface area contributed by atoms with E-state index in [9.17, 15) is 4.79 Å². The summed E-state index contributed by atoms with van der Waals surface area (Å²) in [6.07, 6.45) is 2.99. The molecule has 5 nitrogen and oxygen atoms in total. The van der Waals surface area contributed by atoms with Gasteiger partial charge in [0.1, 0.15) is 0 Å². The fraction of sp³-hybridized carbons (Fsp3) is 0.0769. The summed E-state index contributed by atoms with van der Waals surface area (Å²) in [7, 11) is 0. The highest BCUT2D eigenvalue weighted by atomic mass is 35.5. The fourth-order valence-electron chi connectivity index (χ4n) is 1.63. The molecule has 6 heteroatoms. The van der Waals surface area contributed by atoms with E-state index in [1.165, 1.54) is 6.20 Å². The number of pyridine rings is 1. The minimum absolute atomic E-state index is 0.325. The van der Waals surface area contributed by atoms with Gasteiger partial charge in [0.25, 0.3) is 5.91 Å². The molecule has 1 heterocycles. The first-order valence-electron chi connectivity index (χ1n) is 5.60. The van der Waals surface area contributed by atoms with Crippen molar-refractivity contribution in [3.8, 4) is 0 Å². The van der Waals surface area contributed by atoms with E-state index in [0.717, 1.165) is 5.56 Å². The number of anilines is 2. The number of nitrogens with one attached hydrogen (secondary N) is 2. The second kappa shape index (κ2) is 5.69. The van der Waals surface area contributed by atoms with Crippen molar-refractivity contribution >= 4 is 28.9 Å². The van der Waals surface area contributed by atoms with Crippen molar-refractivity contribution in [1.29, 1.82) is 0 Å². The first kappa shape index (κ1) is 13.3. The number of aryl methyl sites for hydroxylation is 1. The van der Waals surface area contributed by atoms with Gasteiger partial charge < -0.3 is 10.7 Å². The number of nitrogens with zero attached hydrogens (tertiary/aromatic N) is 1. The third-order valence-electron chi connectivity index (χ3n) is 2.66. The van der Waals surface area contributed by atoms with Gasteiger partial charge in [0, 0.05) is 12.4 Å². The van der Waals surface area contributed by atoms with Gasteiger partial charge in [-0.25, -0.2) is 0 Å². The number of carbonyl (C=O) groups is 1. The van der Waals surface area contributed by atoms with Crippen molar-refractivity contribution in [3.05, 3.63) is 52.8 Å². The Morgan fingerprint density at radius 1 is 1.32 bits per heavy atom. The van der Waals surface area contributed by atoms with Gasteiger partial charge in [0.2, 0.25) is 0 Å². The van der Waals surface area contributed by atoms with Crippen molar-refractivity contribution in [2.75, 3.05) is 10.7 Å². The smallest absolute Gasteiger partial charge is 0.259 e. The van der Waals surface area contributed by atoms with E-state index in [1.54, 1.807) is 18.3 Å². The minimum Gasteiger partial charge on any atom is -0.323 e. The number of rotatable bonds is 3. The molecular formula is C13H13ClN4O. The van der Waals surface area contributed by atoms with Crippen LogP contribution in [0.25, 0.3) is 0 Å².